The lowest BCUT2D eigenvalue weighted by Crippen LogP contribution is -2.54. The lowest BCUT2D eigenvalue weighted by Gasteiger charge is -2.29. The van der Waals surface area contributed by atoms with E-state index in [-0.39, 0.29) is 17.6 Å². The summed E-state index contributed by atoms with van der Waals surface area (Å²) in [5.74, 6) is -0.368. The summed E-state index contributed by atoms with van der Waals surface area (Å²) in [6.45, 7) is 7.71. The molecule has 2 N–H and O–H groups in total. The van der Waals surface area contributed by atoms with Crippen molar-refractivity contribution in [3.63, 3.8) is 0 Å². The molecule has 0 spiro atoms. The zero-order valence-corrected chi connectivity index (χ0v) is 19.0. The van der Waals surface area contributed by atoms with Crippen molar-refractivity contribution in [2.45, 2.75) is 52.0 Å². The van der Waals surface area contributed by atoms with E-state index in [1.807, 2.05) is 56.3 Å². The Bertz CT molecular complexity index is 1130. The minimum absolute atomic E-state index is 0.236. The second-order valence-corrected chi connectivity index (χ2v) is 8.79. The van der Waals surface area contributed by atoms with Gasteiger partial charge in [0.2, 0.25) is 5.91 Å². The third-order valence-corrected chi connectivity index (χ3v) is 6.27. The molecule has 168 valence electrons. The van der Waals surface area contributed by atoms with E-state index in [1.54, 1.807) is 6.92 Å². The van der Waals surface area contributed by atoms with E-state index >= 15 is 0 Å². The highest BCUT2D eigenvalue weighted by Gasteiger charge is 2.36. The summed E-state index contributed by atoms with van der Waals surface area (Å²) in [6.07, 6.45) is 3.64. The maximum Gasteiger partial charge on any atom is 0.288 e. The molecule has 2 aromatic carbocycles. The first-order valence-corrected chi connectivity index (χ1v) is 11.4. The van der Waals surface area contributed by atoms with Gasteiger partial charge in [0.1, 0.15) is 11.1 Å². The molecule has 0 saturated carbocycles. The van der Waals surface area contributed by atoms with Crippen LogP contribution in [0.2, 0.25) is 0 Å². The van der Waals surface area contributed by atoms with Gasteiger partial charge in [-0.25, -0.2) is 0 Å². The van der Waals surface area contributed by atoms with Crippen LogP contribution in [0.3, 0.4) is 0 Å². The second kappa shape index (κ2) is 9.07. The van der Waals surface area contributed by atoms with Gasteiger partial charge >= 0.3 is 0 Å². The number of furan rings is 1. The summed E-state index contributed by atoms with van der Waals surface area (Å²) < 4.78 is 5.81. The van der Waals surface area contributed by atoms with Gasteiger partial charge in [-0.2, -0.15) is 0 Å². The summed E-state index contributed by atoms with van der Waals surface area (Å²) >= 11 is 0. The lowest BCUT2D eigenvalue weighted by atomic mass is 9.94. The maximum atomic E-state index is 13.3. The zero-order valence-electron chi connectivity index (χ0n) is 19.0. The Morgan fingerprint density at radius 3 is 2.56 bits per heavy atom. The average molecular weight is 434 g/mol. The van der Waals surface area contributed by atoms with Gasteiger partial charge in [-0.05, 0) is 57.4 Å². The van der Waals surface area contributed by atoms with Crippen LogP contribution in [0, 0.1) is 6.92 Å². The summed E-state index contributed by atoms with van der Waals surface area (Å²) in [4.78, 5) is 28.8. The third kappa shape index (κ3) is 4.35. The maximum absolute atomic E-state index is 13.3. The van der Waals surface area contributed by atoms with Crippen molar-refractivity contribution < 1.29 is 14.0 Å². The molecular formula is C26H31N3O3. The molecule has 0 unspecified atom stereocenters. The molecule has 6 nitrogen and oxygen atoms in total. The monoisotopic (exact) mass is 433 g/mol. The number of hydrogen-bond donors (Lipinski definition) is 2. The summed E-state index contributed by atoms with van der Waals surface area (Å²) in [7, 11) is 0. The molecule has 0 aliphatic carbocycles. The number of carbonyl (C=O) groups excluding carboxylic acids is 2. The lowest BCUT2D eigenvalue weighted by molar-refractivity contribution is -0.121. The molecule has 1 aromatic heterocycles. The number of para-hydroxylation sites is 1. The second-order valence-electron chi connectivity index (χ2n) is 8.79. The number of nitrogens with one attached hydrogen (secondary N) is 2. The van der Waals surface area contributed by atoms with Crippen LogP contribution in [0.1, 0.15) is 55.6 Å². The largest absolute Gasteiger partial charge is 0.451 e. The fraction of sp³-hybridized carbons (Fsp3) is 0.385. The number of benzene rings is 2. The highest BCUT2D eigenvalue weighted by Crippen LogP contribution is 2.27. The molecule has 3 aromatic rings. The normalized spacial score (nSPS) is 15.5. The number of anilines is 2. The molecular weight excluding hydrogens is 402 g/mol. The predicted octanol–water partition coefficient (Wildman–Crippen LogP) is 5.27. The Labute approximate surface area is 189 Å². The highest BCUT2D eigenvalue weighted by molar-refractivity contribution is 6.05. The van der Waals surface area contributed by atoms with Gasteiger partial charge in [-0.3, -0.25) is 9.59 Å². The van der Waals surface area contributed by atoms with Crippen LogP contribution < -0.4 is 15.5 Å². The van der Waals surface area contributed by atoms with Gasteiger partial charge in [0, 0.05) is 35.4 Å². The molecule has 6 heteroatoms. The molecule has 1 saturated heterocycles. The quantitative estimate of drug-likeness (QED) is 0.532. The Kier molecular flexibility index (Phi) is 6.21. The Balaban J connectivity index is 1.53. The van der Waals surface area contributed by atoms with Gasteiger partial charge in [0.15, 0.2) is 5.76 Å². The minimum Gasteiger partial charge on any atom is -0.451 e. The Morgan fingerprint density at radius 2 is 1.84 bits per heavy atom. The van der Waals surface area contributed by atoms with Crippen molar-refractivity contribution in [2.24, 2.45) is 0 Å². The van der Waals surface area contributed by atoms with Crippen LogP contribution in [0.5, 0.6) is 0 Å². The standard InChI is InChI=1S/C26H31N3O3/c1-4-14-26(3,28-24(30)23-18(2)21-12-5-6-13-22(21)32-23)25(31)27-19-10-9-11-20(17-19)29-15-7-8-16-29/h5-6,9-13,17H,4,7-8,14-16H2,1-3H3,(H,27,31)(H,28,30)/t26-/m0/s1. The topological polar surface area (TPSA) is 74.6 Å². The van der Waals surface area contributed by atoms with Crippen molar-refractivity contribution >= 4 is 34.2 Å². The fourth-order valence-corrected chi connectivity index (χ4v) is 4.46. The average Bonchev–Trinajstić information content (AvgIpc) is 3.43. The van der Waals surface area contributed by atoms with Crippen molar-refractivity contribution in [1.82, 2.24) is 5.32 Å². The molecule has 4 rings (SSSR count). The van der Waals surface area contributed by atoms with E-state index < -0.39 is 5.54 Å². The van der Waals surface area contributed by atoms with Gasteiger partial charge in [0.05, 0.1) is 0 Å². The molecule has 0 radical (unpaired) electrons. The number of aryl methyl sites for hydroxylation is 1. The highest BCUT2D eigenvalue weighted by atomic mass is 16.3. The SMILES string of the molecule is CCC[C@](C)(NC(=O)c1oc2ccccc2c1C)C(=O)Nc1cccc(N2CCCC2)c1. The van der Waals surface area contributed by atoms with Crippen LogP contribution >= 0.6 is 0 Å². The van der Waals surface area contributed by atoms with Crippen LogP contribution in [0.25, 0.3) is 11.0 Å². The number of nitrogens with zero attached hydrogens (tertiary/aromatic N) is 1. The molecule has 1 aliphatic heterocycles. The first-order valence-electron chi connectivity index (χ1n) is 11.4. The van der Waals surface area contributed by atoms with Crippen molar-refractivity contribution in [3.8, 4) is 0 Å². The number of carbonyl (C=O) groups is 2. The molecule has 1 fully saturated rings. The predicted molar refractivity (Wildman–Crippen MR) is 128 cm³/mol. The summed E-state index contributed by atoms with van der Waals surface area (Å²) in [5.41, 5.74) is 2.21. The molecule has 1 aliphatic rings. The summed E-state index contributed by atoms with van der Waals surface area (Å²) in [5, 5.41) is 6.87. The van der Waals surface area contributed by atoms with Crippen molar-refractivity contribution in [3.05, 3.63) is 59.9 Å². The number of hydrogen-bond acceptors (Lipinski definition) is 4. The van der Waals surface area contributed by atoms with Crippen molar-refractivity contribution in [2.75, 3.05) is 23.3 Å². The van der Waals surface area contributed by atoms with E-state index in [0.29, 0.717) is 12.0 Å². The third-order valence-electron chi connectivity index (χ3n) is 6.27. The first kappa shape index (κ1) is 21.9. The minimum atomic E-state index is -1.07. The Morgan fingerprint density at radius 1 is 1.09 bits per heavy atom. The van der Waals surface area contributed by atoms with E-state index in [2.05, 4.69) is 21.6 Å². The number of fused-ring (bicyclic) bond motifs is 1. The summed E-state index contributed by atoms with van der Waals surface area (Å²) in [6, 6.07) is 15.5. The molecule has 2 amide bonds. The first-order chi connectivity index (χ1) is 15.4. The van der Waals surface area contributed by atoms with Gasteiger partial charge in [-0.1, -0.05) is 37.6 Å². The number of amides is 2. The van der Waals surface area contributed by atoms with Crippen LogP contribution in [-0.4, -0.2) is 30.4 Å². The van der Waals surface area contributed by atoms with E-state index in [0.717, 1.165) is 41.8 Å². The van der Waals surface area contributed by atoms with Gasteiger partial charge in [-0.15, -0.1) is 0 Å². The molecule has 2 heterocycles. The molecule has 1 atom stereocenters. The van der Waals surface area contributed by atoms with E-state index in [1.165, 1.54) is 12.8 Å². The Hall–Kier alpha value is -3.28. The van der Waals surface area contributed by atoms with Gasteiger partial charge < -0.3 is 20.0 Å². The van der Waals surface area contributed by atoms with Crippen LogP contribution in [-0.2, 0) is 4.79 Å². The van der Waals surface area contributed by atoms with Crippen LogP contribution in [0.15, 0.2) is 52.9 Å². The van der Waals surface area contributed by atoms with E-state index in [9.17, 15) is 9.59 Å². The van der Waals surface area contributed by atoms with Gasteiger partial charge in [0.25, 0.3) is 5.91 Å². The molecule has 0 bridgehead atoms. The number of rotatable bonds is 7. The van der Waals surface area contributed by atoms with Crippen molar-refractivity contribution in [1.29, 1.82) is 0 Å². The van der Waals surface area contributed by atoms with Crippen LogP contribution in [0.4, 0.5) is 11.4 Å². The smallest absolute Gasteiger partial charge is 0.288 e. The molecule has 32 heavy (non-hydrogen) atoms. The fourth-order valence-electron chi connectivity index (χ4n) is 4.46. The van der Waals surface area contributed by atoms with E-state index in [4.69, 9.17) is 4.42 Å². The zero-order chi connectivity index (χ0) is 22.7.